The van der Waals surface area contributed by atoms with E-state index in [0.29, 0.717) is 16.3 Å². The highest BCUT2D eigenvalue weighted by atomic mass is 35.5. The van der Waals surface area contributed by atoms with Crippen molar-refractivity contribution in [1.29, 1.82) is 0 Å². The minimum absolute atomic E-state index is 0.154. The zero-order valence-corrected chi connectivity index (χ0v) is 13.3. The third-order valence-corrected chi connectivity index (χ3v) is 4.72. The Kier molecular flexibility index (Phi) is 3.13. The second kappa shape index (κ2) is 5.07. The van der Waals surface area contributed by atoms with Gasteiger partial charge in [-0.1, -0.05) is 41.9 Å². The van der Waals surface area contributed by atoms with Gasteiger partial charge in [0.1, 0.15) is 5.69 Å². The van der Waals surface area contributed by atoms with Crippen molar-refractivity contribution in [3.8, 4) is 11.1 Å². The topological polar surface area (TPSA) is 37.4 Å². The molecule has 0 saturated heterocycles. The van der Waals surface area contributed by atoms with Crippen LogP contribution in [-0.4, -0.2) is 6.04 Å². The number of rotatable bonds is 2. The number of hydrogen-bond acceptors (Lipinski definition) is 3. The molecule has 4 heteroatoms. The molecule has 0 saturated carbocycles. The molecule has 1 heterocycles. The molecule has 3 aromatic rings. The van der Waals surface area contributed by atoms with Gasteiger partial charge in [-0.25, -0.2) is 0 Å². The highest BCUT2D eigenvalue weighted by Crippen LogP contribution is 2.40. The van der Waals surface area contributed by atoms with Gasteiger partial charge in [0.25, 0.3) is 5.43 Å². The van der Waals surface area contributed by atoms with Crippen LogP contribution in [0.4, 0.5) is 11.4 Å². The van der Waals surface area contributed by atoms with Crippen LogP contribution in [0.5, 0.6) is 0 Å². The highest BCUT2D eigenvalue weighted by molar-refractivity contribution is 6.30. The third-order valence-electron chi connectivity index (χ3n) is 4.47. The fourth-order valence-electron chi connectivity index (χ4n) is 3.40. The summed E-state index contributed by atoms with van der Waals surface area (Å²) in [5.74, 6) is 0. The molecule has 0 fully saturated rings. The van der Waals surface area contributed by atoms with E-state index in [2.05, 4.69) is 13.0 Å². The summed E-state index contributed by atoms with van der Waals surface area (Å²) in [7, 11) is 0. The van der Waals surface area contributed by atoms with Crippen LogP contribution in [0, 0.1) is 0 Å². The summed E-state index contributed by atoms with van der Waals surface area (Å²) in [5.41, 5.74) is 3.14. The van der Waals surface area contributed by atoms with Crippen molar-refractivity contribution in [3.05, 3.63) is 79.6 Å². The van der Waals surface area contributed by atoms with Crippen molar-refractivity contribution in [2.75, 3.05) is 4.90 Å². The summed E-state index contributed by atoms with van der Waals surface area (Å²) >= 11 is 5.92. The molecule has 1 aliphatic heterocycles. The SMILES string of the molecule is C[C@@H]1Cc2ccccc2N1c1c(-c2ccc(Cl)cc2)c(=O)c1=O. The molecule has 0 unspecified atom stereocenters. The van der Waals surface area contributed by atoms with E-state index in [0.717, 1.165) is 17.7 Å². The fraction of sp³-hybridized carbons (Fsp3) is 0.158. The normalized spacial score (nSPS) is 16.8. The Balaban J connectivity index is 1.89. The van der Waals surface area contributed by atoms with Crippen LogP contribution in [0.15, 0.2) is 58.1 Å². The molecule has 3 nitrogen and oxygen atoms in total. The van der Waals surface area contributed by atoms with Crippen LogP contribution < -0.4 is 15.8 Å². The number of nitrogens with zero attached hydrogens (tertiary/aromatic N) is 1. The molecule has 3 aromatic carbocycles. The lowest BCUT2D eigenvalue weighted by Crippen LogP contribution is -2.42. The largest absolute Gasteiger partial charge is 0.334 e. The quantitative estimate of drug-likeness (QED) is 0.675. The highest BCUT2D eigenvalue weighted by Gasteiger charge is 2.35. The first kappa shape index (κ1) is 14.2. The molecular weight excluding hydrogens is 310 g/mol. The van der Waals surface area contributed by atoms with Gasteiger partial charge in [-0.05, 0) is 42.7 Å². The molecule has 1 atom stereocenters. The Labute approximate surface area is 138 Å². The zero-order valence-electron chi connectivity index (χ0n) is 12.5. The second-order valence-corrected chi connectivity index (χ2v) is 6.38. The van der Waals surface area contributed by atoms with Crippen molar-refractivity contribution in [2.45, 2.75) is 19.4 Å². The Morgan fingerprint density at radius 1 is 1.00 bits per heavy atom. The van der Waals surface area contributed by atoms with E-state index in [9.17, 15) is 9.59 Å². The van der Waals surface area contributed by atoms with Gasteiger partial charge in [0.2, 0.25) is 5.43 Å². The minimum Gasteiger partial charge on any atom is -0.334 e. The van der Waals surface area contributed by atoms with Crippen molar-refractivity contribution in [1.82, 2.24) is 0 Å². The van der Waals surface area contributed by atoms with Gasteiger partial charge in [0, 0.05) is 16.8 Å². The third kappa shape index (κ3) is 2.04. The number of halogens is 1. The smallest absolute Gasteiger partial charge is 0.250 e. The molecule has 23 heavy (non-hydrogen) atoms. The van der Waals surface area contributed by atoms with Gasteiger partial charge in [0.15, 0.2) is 0 Å². The van der Waals surface area contributed by atoms with Crippen LogP contribution in [0.1, 0.15) is 12.5 Å². The summed E-state index contributed by atoms with van der Waals surface area (Å²) in [4.78, 5) is 26.4. The molecule has 0 radical (unpaired) electrons. The predicted octanol–water partition coefficient (Wildman–Crippen LogP) is 3.69. The van der Waals surface area contributed by atoms with Crippen molar-refractivity contribution in [3.63, 3.8) is 0 Å². The number of hydrogen-bond donors (Lipinski definition) is 0. The summed E-state index contributed by atoms with van der Waals surface area (Å²) < 4.78 is 0. The average Bonchev–Trinajstić information content (AvgIpc) is 2.88. The molecule has 0 aliphatic carbocycles. The lowest BCUT2D eigenvalue weighted by Gasteiger charge is -2.28. The number of para-hydroxylation sites is 1. The van der Waals surface area contributed by atoms with E-state index in [1.165, 1.54) is 5.56 Å². The molecule has 0 N–H and O–H groups in total. The van der Waals surface area contributed by atoms with Gasteiger partial charge >= 0.3 is 0 Å². The van der Waals surface area contributed by atoms with Crippen molar-refractivity contribution >= 4 is 23.0 Å². The Morgan fingerprint density at radius 2 is 1.70 bits per heavy atom. The molecule has 0 spiro atoms. The maximum Gasteiger partial charge on any atom is 0.250 e. The van der Waals surface area contributed by atoms with Crippen LogP contribution in [-0.2, 0) is 6.42 Å². The van der Waals surface area contributed by atoms with Crippen LogP contribution >= 0.6 is 11.6 Å². The van der Waals surface area contributed by atoms with Crippen LogP contribution in [0.25, 0.3) is 11.1 Å². The predicted molar refractivity (Wildman–Crippen MR) is 93.5 cm³/mol. The first-order valence-electron chi connectivity index (χ1n) is 7.54. The summed E-state index contributed by atoms with van der Waals surface area (Å²) in [6.07, 6.45) is 0.870. The maximum absolute atomic E-state index is 12.3. The van der Waals surface area contributed by atoms with E-state index in [1.807, 2.05) is 23.1 Å². The van der Waals surface area contributed by atoms with E-state index in [-0.39, 0.29) is 6.04 Å². The number of benzene rings is 2. The van der Waals surface area contributed by atoms with Crippen LogP contribution in [0.3, 0.4) is 0 Å². The van der Waals surface area contributed by atoms with Gasteiger partial charge in [0.05, 0.1) is 5.56 Å². The summed E-state index contributed by atoms with van der Waals surface area (Å²) in [6.45, 7) is 2.07. The fourth-order valence-corrected chi connectivity index (χ4v) is 3.53. The second-order valence-electron chi connectivity index (χ2n) is 5.94. The van der Waals surface area contributed by atoms with Gasteiger partial charge in [-0.3, -0.25) is 9.59 Å². The molecule has 1 aliphatic rings. The van der Waals surface area contributed by atoms with Crippen molar-refractivity contribution < 1.29 is 0 Å². The van der Waals surface area contributed by atoms with E-state index in [1.54, 1.807) is 24.3 Å². The Morgan fingerprint density at radius 3 is 2.43 bits per heavy atom. The molecule has 114 valence electrons. The summed E-state index contributed by atoms with van der Waals surface area (Å²) in [5, 5.41) is 0.605. The van der Waals surface area contributed by atoms with E-state index < -0.39 is 10.9 Å². The first-order chi connectivity index (χ1) is 11.1. The maximum atomic E-state index is 12.3. The first-order valence-corrected chi connectivity index (χ1v) is 7.92. The molecular formula is C19H14ClNO2. The number of fused-ring (bicyclic) bond motifs is 1. The van der Waals surface area contributed by atoms with Gasteiger partial charge in [-0.2, -0.15) is 0 Å². The lowest BCUT2D eigenvalue weighted by molar-refractivity contribution is 0.755. The molecule has 4 rings (SSSR count). The lowest BCUT2D eigenvalue weighted by atomic mass is 9.97. The zero-order chi connectivity index (χ0) is 16.1. The van der Waals surface area contributed by atoms with Gasteiger partial charge < -0.3 is 4.90 Å². The number of anilines is 2. The molecule has 0 bridgehead atoms. The minimum atomic E-state index is -0.418. The monoisotopic (exact) mass is 323 g/mol. The van der Waals surface area contributed by atoms with Crippen LogP contribution in [0.2, 0.25) is 5.02 Å². The Bertz CT molecular complexity index is 968. The van der Waals surface area contributed by atoms with Gasteiger partial charge in [-0.15, -0.1) is 0 Å². The van der Waals surface area contributed by atoms with E-state index >= 15 is 0 Å². The standard InChI is InChI=1S/C19H14ClNO2/c1-11-10-13-4-2-3-5-15(13)21(11)17-16(18(22)19(17)23)12-6-8-14(20)9-7-12/h2-9,11H,10H2,1H3/t11-/m1/s1. The Hall–Kier alpha value is -2.39. The molecule has 0 aromatic heterocycles. The van der Waals surface area contributed by atoms with E-state index in [4.69, 9.17) is 11.6 Å². The molecule has 0 amide bonds. The van der Waals surface area contributed by atoms with Crippen molar-refractivity contribution in [2.24, 2.45) is 0 Å². The average molecular weight is 324 g/mol. The summed E-state index contributed by atoms with van der Waals surface area (Å²) in [6, 6.07) is 15.2.